The molecule has 0 unspecified atom stereocenters. The first-order chi connectivity index (χ1) is 22.6. The number of hydrogen-bond acceptors (Lipinski definition) is 7. The molecule has 0 saturated carbocycles. The first-order valence-corrected chi connectivity index (χ1v) is 17.0. The van der Waals surface area contributed by atoms with E-state index in [1.807, 2.05) is 79.4 Å². The van der Waals surface area contributed by atoms with Crippen molar-refractivity contribution in [2.45, 2.75) is 83.0 Å². The Balaban J connectivity index is 1.45. The third-order valence-electron chi connectivity index (χ3n) is 9.15. The Labute approximate surface area is 279 Å². The summed E-state index contributed by atoms with van der Waals surface area (Å²) >= 11 is 0. The molecule has 2 aromatic carbocycles. The maximum Gasteiger partial charge on any atom is 0.245 e. The summed E-state index contributed by atoms with van der Waals surface area (Å²) in [5, 5.41) is 12.1. The fraction of sp³-hybridized carbons (Fsp3) is 0.556. The van der Waals surface area contributed by atoms with Crippen LogP contribution in [0.25, 0.3) is 0 Å². The summed E-state index contributed by atoms with van der Waals surface area (Å²) < 4.78 is 0. The SMILES string of the molecule is CC(C)C[C@@H](NC(=O)[C@@H](Cc1ccccc1)NC(=O)[C@H](N)Cc1ccccc1)C(=O)N[C@H](CCCCN)C(=O)N1CC2(CCNC2)C1. The highest BCUT2D eigenvalue weighted by atomic mass is 16.2. The van der Waals surface area contributed by atoms with Crippen LogP contribution < -0.4 is 32.7 Å². The Kier molecular flexibility index (Phi) is 13.3. The summed E-state index contributed by atoms with van der Waals surface area (Å²) in [4.78, 5) is 56.3. The zero-order valence-electron chi connectivity index (χ0n) is 27.9. The van der Waals surface area contributed by atoms with Gasteiger partial charge in [-0.2, -0.15) is 0 Å². The van der Waals surface area contributed by atoms with E-state index in [0.29, 0.717) is 45.3 Å². The van der Waals surface area contributed by atoms with E-state index in [1.54, 1.807) is 0 Å². The van der Waals surface area contributed by atoms with Crippen molar-refractivity contribution >= 4 is 23.6 Å². The molecule has 2 saturated heterocycles. The van der Waals surface area contributed by atoms with Crippen LogP contribution in [0.1, 0.15) is 57.1 Å². The highest BCUT2D eigenvalue weighted by Gasteiger charge is 2.48. The van der Waals surface area contributed by atoms with Gasteiger partial charge in [0, 0.05) is 31.5 Å². The molecule has 0 radical (unpaired) electrons. The monoisotopic (exact) mass is 647 g/mol. The van der Waals surface area contributed by atoms with Crippen molar-refractivity contribution in [2.75, 3.05) is 32.7 Å². The number of benzene rings is 2. The predicted molar refractivity (Wildman–Crippen MR) is 183 cm³/mol. The molecule has 11 heteroatoms. The number of unbranched alkanes of at least 4 members (excludes halogenated alkanes) is 1. The van der Waals surface area contributed by atoms with E-state index in [9.17, 15) is 19.2 Å². The van der Waals surface area contributed by atoms with Crippen molar-refractivity contribution in [1.82, 2.24) is 26.2 Å². The number of nitrogens with two attached hydrogens (primary N) is 2. The second-order valence-corrected chi connectivity index (χ2v) is 13.7. The first-order valence-electron chi connectivity index (χ1n) is 17.0. The molecule has 2 heterocycles. The van der Waals surface area contributed by atoms with E-state index in [-0.39, 0.29) is 23.7 Å². The van der Waals surface area contributed by atoms with Crippen LogP contribution in [-0.4, -0.2) is 85.4 Å². The maximum atomic E-state index is 13.9. The zero-order valence-corrected chi connectivity index (χ0v) is 27.9. The second-order valence-electron chi connectivity index (χ2n) is 13.7. The molecule has 8 N–H and O–H groups in total. The van der Waals surface area contributed by atoms with Crippen molar-refractivity contribution in [2.24, 2.45) is 22.8 Å². The predicted octanol–water partition coefficient (Wildman–Crippen LogP) is 1.25. The van der Waals surface area contributed by atoms with Crippen molar-refractivity contribution in [3.63, 3.8) is 0 Å². The van der Waals surface area contributed by atoms with E-state index in [4.69, 9.17) is 11.5 Å². The molecule has 47 heavy (non-hydrogen) atoms. The summed E-state index contributed by atoms with van der Waals surface area (Å²) in [5.41, 5.74) is 13.9. The molecule has 2 fully saturated rings. The Morgan fingerprint density at radius 3 is 1.96 bits per heavy atom. The average molecular weight is 648 g/mol. The number of nitrogens with zero attached hydrogens (tertiary/aromatic N) is 1. The van der Waals surface area contributed by atoms with Gasteiger partial charge in [-0.05, 0) is 68.7 Å². The molecule has 4 amide bonds. The first kappa shape index (κ1) is 36.0. The highest BCUT2D eigenvalue weighted by molar-refractivity contribution is 5.95. The summed E-state index contributed by atoms with van der Waals surface area (Å²) in [7, 11) is 0. The minimum absolute atomic E-state index is 0.0732. The van der Waals surface area contributed by atoms with Crippen LogP contribution in [0, 0.1) is 11.3 Å². The largest absolute Gasteiger partial charge is 0.343 e. The maximum absolute atomic E-state index is 13.9. The molecule has 4 atom stereocenters. The number of nitrogens with one attached hydrogen (secondary N) is 4. The normalized spacial score (nSPS) is 17.8. The number of hydrogen-bond donors (Lipinski definition) is 6. The molecule has 11 nitrogen and oxygen atoms in total. The number of rotatable bonds is 17. The third kappa shape index (κ3) is 10.6. The van der Waals surface area contributed by atoms with Gasteiger partial charge < -0.3 is 37.6 Å². The van der Waals surface area contributed by atoms with Crippen LogP contribution in [0.2, 0.25) is 0 Å². The van der Waals surface area contributed by atoms with Gasteiger partial charge in [-0.25, -0.2) is 0 Å². The average Bonchev–Trinajstić information content (AvgIpc) is 3.54. The molecule has 256 valence electrons. The van der Waals surface area contributed by atoms with Crippen LogP contribution in [0.15, 0.2) is 60.7 Å². The third-order valence-corrected chi connectivity index (χ3v) is 9.15. The van der Waals surface area contributed by atoms with E-state index in [0.717, 1.165) is 37.1 Å². The molecule has 2 aliphatic rings. The Bertz CT molecular complexity index is 1310. The summed E-state index contributed by atoms with van der Waals surface area (Å²) in [6.45, 7) is 7.67. The van der Waals surface area contributed by atoms with E-state index < -0.39 is 41.9 Å². The van der Waals surface area contributed by atoms with Crippen molar-refractivity contribution in [3.05, 3.63) is 71.8 Å². The molecule has 2 aliphatic heterocycles. The van der Waals surface area contributed by atoms with Gasteiger partial charge in [-0.1, -0.05) is 74.5 Å². The lowest BCUT2D eigenvalue weighted by atomic mass is 9.78. The Morgan fingerprint density at radius 2 is 1.38 bits per heavy atom. The van der Waals surface area contributed by atoms with Gasteiger partial charge in [0.1, 0.15) is 18.1 Å². The molecule has 1 spiro atoms. The fourth-order valence-corrected chi connectivity index (χ4v) is 6.50. The van der Waals surface area contributed by atoms with Gasteiger partial charge in [0.25, 0.3) is 0 Å². The Hall–Kier alpha value is -3.80. The van der Waals surface area contributed by atoms with E-state index in [1.165, 1.54) is 0 Å². The van der Waals surface area contributed by atoms with Crippen LogP contribution in [-0.2, 0) is 32.0 Å². The van der Waals surface area contributed by atoms with Crippen LogP contribution >= 0.6 is 0 Å². The molecule has 4 rings (SSSR count). The minimum Gasteiger partial charge on any atom is -0.343 e. The number of carbonyl (C=O) groups excluding carboxylic acids is 4. The highest BCUT2D eigenvalue weighted by Crippen LogP contribution is 2.36. The van der Waals surface area contributed by atoms with Gasteiger partial charge in [0.15, 0.2) is 0 Å². The second kappa shape index (κ2) is 17.4. The standard InChI is InChI=1S/C36H53N7O4/c1-25(2)19-30(33(45)40-29(15-9-10-17-37)35(47)43-23-36(24-43)16-18-39-22-36)42-34(46)31(21-27-13-7-4-8-14-27)41-32(44)28(38)20-26-11-5-3-6-12-26/h3-8,11-14,25,28-31,39H,9-10,15-24,37-38H2,1-2H3,(H,40,45)(H,41,44)(H,42,46)/t28-,29-,30-,31-/m1/s1. The molecular formula is C36H53N7O4. The zero-order chi connectivity index (χ0) is 33.8. The number of carbonyl (C=O) groups is 4. The van der Waals surface area contributed by atoms with E-state index in [2.05, 4.69) is 21.3 Å². The van der Waals surface area contributed by atoms with Crippen LogP contribution in [0.5, 0.6) is 0 Å². The summed E-state index contributed by atoms with van der Waals surface area (Å²) in [6.07, 6.45) is 3.85. The van der Waals surface area contributed by atoms with Gasteiger partial charge >= 0.3 is 0 Å². The Morgan fingerprint density at radius 1 is 0.809 bits per heavy atom. The molecule has 0 aromatic heterocycles. The van der Waals surface area contributed by atoms with Gasteiger partial charge in [-0.3, -0.25) is 19.2 Å². The van der Waals surface area contributed by atoms with Gasteiger partial charge in [0.05, 0.1) is 6.04 Å². The van der Waals surface area contributed by atoms with Gasteiger partial charge in [-0.15, -0.1) is 0 Å². The summed E-state index contributed by atoms with van der Waals surface area (Å²) in [6, 6.07) is 15.4. The fourth-order valence-electron chi connectivity index (χ4n) is 6.50. The summed E-state index contributed by atoms with van der Waals surface area (Å²) in [5.74, 6) is -1.38. The van der Waals surface area contributed by atoms with Crippen LogP contribution in [0.3, 0.4) is 0 Å². The van der Waals surface area contributed by atoms with Crippen molar-refractivity contribution in [3.8, 4) is 0 Å². The molecule has 2 aromatic rings. The van der Waals surface area contributed by atoms with Crippen molar-refractivity contribution < 1.29 is 19.2 Å². The lowest BCUT2D eigenvalue weighted by Crippen LogP contribution is -2.64. The van der Waals surface area contributed by atoms with Crippen molar-refractivity contribution in [1.29, 1.82) is 0 Å². The van der Waals surface area contributed by atoms with Crippen LogP contribution in [0.4, 0.5) is 0 Å². The minimum atomic E-state index is -0.964. The molecule has 0 bridgehead atoms. The number of likely N-dealkylation sites (tertiary alicyclic amines) is 1. The van der Waals surface area contributed by atoms with E-state index >= 15 is 0 Å². The topological polar surface area (TPSA) is 172 Å². The molecule has 0 aliphatic carbocycles. The van der Waals surface area contributed by atoms with Gasteiger partial charge in [0.2, 0.25) is 23.6 Å². The number of amides is 4. The molecular weight excluding hydrogens is 594 g/mol. The lowest BCUT2D eigenvalue weighted by molar-refractivity contribution is -0.147. The quantitative estimate of drug-likeness (QED) is 0.140. The lowest BCUT2D eigenvalue weighted by Gasteiger charge is -2.48. The smallest absolute Gasteiger partial charge is 0.245 e.